The van der Waals surface area contributed by atoms with Crippen molar-refractivity contribution in [3.63, 3.8) is 0 Å². The van der Waals surface area contributed by atoms with Crippen molar-refractivity contribution in [2.45, 2.75) is 18.1 Å². The van der Waals surface area contributed by atoms with Crippen LogP contribution in [0.15, 0.2) is 12.1 Å². The third-order valence-corrected chi connectivity index (χ3v) is 3.94. The normalized spacial score (nSPS) is 30.8. The molecule has 0 fully saturated rings. The summed E-state index contributed by atoms with van der Waals surface area (Å²) in [7, 11) is 0. The lowest BCUT2D eigenvalue weighted by molar-refractivity contribution is -0.153. The zero-order valence-corrected chi connectivity index (χ0v) is 10.2. The fourth-order valence-corrected chi connectivity index (χ4v) is 3.06. The maximum atomic E-state index is 11.8. The Morgan fingerprint density at radius 3 is 2.75 bits per heavy atom. The zero-order valence-electron chi connectivity index (χ0n) is 10.2. The minimum atomic E-state index is -1.46. The number of carboxylic acid groups (broad SMARTS) is 1. The summed E-state index contributed by atoms with van der Waals surface area (Å²) in [6.45, 7) is -0.583. The van der Waals surface area contributed by atoms with Crippen molar-refractivity contribution >= 4 is 11.9 Å². The quantitative estimate of drug-likeness (QED) is 0.557. The second-order valence-corrected chi connectivity index (χ2v) is 5.09. The van der Waals surface area contributed by atoms with Crippen molar-refractivity contribution in [2.75, 3.05) is 6.61 Å². The Balaban J connectivity index is 2.29. The Morgan fingerprint density at radius 2 is 2.15 bits per heavy atom. The number of aliphatic hydroxyl groups is 2. The van der Waals surface area contributed by atoms with Gasteiger partial charge < -0.3 is 25.2 Å². The van der Waals surface area contributed by atoms with Crippen molar-refractivity contribution in [3.05, 3.63) is 28.8 Å². The van der Waals surface area contributed by atoms with Crippen LogP contribution >= 0.6 is 0 Å². The summed E-state index contributed by atoms with van der Waals surface area (Å²) in [4.78, 5) is 23.1. The van der Waals surface area contributed by atoms with Crippen molar-refractivity contribution < 1.29 is 34.8 Å². The average Bonchev–Trinajstić information content (AvgIpc) is 2.67. The lowest BCUT2D eigenvalue weighted by atomic mass is 9.72. The van der Waals surface area contributed by atoms with E-state index in [4.69, 9.17) is 9.84 Å². The number of ether oxygens (including phenoxy) is 1. The number of benzene rings is 1. The van der Waals surface area contributed by atoms with Crippen molar-refractivity contribution in [2.24, 2.45) is 5.92 Å². The van der Waals surface area contributed by atoms with E-state index in [0.717, 1.165) is 0 Å². The van der Waals surface area contributed by atoms with Crippen LogP contribution in [0.1, 0.15) is 34.0 Å². The molecule has 20 heavy (non-hydrogen) atoms. The molecule has 1 aliphatic heterocycles. The molecule has 0 aromatic heterocycles. The van der Waals surface area contributed by atoms with Crippen LogP contribution in [0.3, 0.4) is 0 Å². The number of aliphatic carboxylic acids is 1. The van der Waals surface area contributed by atoms with Gasteiger partial charge in [-0.2, -0.15) is 0 Å². The van der Waals surface area contributed by atoms with E-state index in [9.17, 15) is 24.9 Å². The van der Waals surface area contributed by atoms with Gasteiger partial charge >= 0.3 is 11.9 Å². The topological polar surface area (TPSA) is 124 Å². The Labute approximate surface area is 113 Å². The van der Waals surface area contributed by atoms with Crippen LogP contribution in [0.5, 0.6) is 5.75 Å². The van der Waals surface area contributed by atoms with E-state index < -0.39 is 36.2 Å². The van der Waals surface area contributed by atoms with Crippen LogP contribution in [0, 0.1) is 5.92 Å². The summed E-state index contributed by atoms with van der Waals surface area (Å²) in [5, 5.41) is 38.5. The maximum Gasteiger partial charge on any atom is 0.339 e. The lowest BCUT2D eigenvalue weighted by Crippen LogP contribution is -2.42. The van der Waals surface area contributed by atoms with Gasteiger partial charge in [-0.15, -0.1) is 0 Å². The molecule has 7 heteroatoms. The van der Waals surface area contributed by atoms with E-state index in [1.54, 1.807) is 0 Å². The molecule has 0 saturated carbocycles. The molecule has 0 bridgehead atoms. The maximum absolute atomic E-state index is 11.8. The SMILES string of the molecule is O=C1OC2(CO)CC(C(=O)O)C(O)c3cc(O)cc1c32. The Kier molecular flexibility index (Phi) is 2.54. The van der Waals surface area contributed by atoms with E-state index in [1.807, 2.05) is 0 Å². The van der Waals surface area contributed by atoms with Crippen LogP contribution < -0.4 is 0 Å². The smallest absolute Gasteiger partial charge is 0.339 e. The van der Waals surface area contributed by atoms with Crippen LogP contribution in [0.4, 0.5) is 0 Å². The predicted molar refractivity (Wildman–Crippen MR) is 63.0 cm³/mol. The van der Waals surface area contributed by atoms with Gasteiger partial charge in [0.05, 0.1) is 24.2 Å². The minimum absolute atomic E-state index is 0.0527. The molecule has 1 aliphatic carbocycles. The molecular formula is C13H12O7. The highest BCUT2D eigenvalue weighted by molar-refractivity contribution is 5.96. The fraction of sp³-hybridized carbons (Fsp3) is 0.385. The van der Waals surface area contributed by atoms with Gasteiger partial charge in [0.15, 0.2) is 5.60 Å². The van der Waals surface area contributed by atoms with E-state index in [1.165, 1.54) is 12.1 Å². The monoisotopic (exact) mass is 280 g/mol. The van der Waals surface area contributed by atoms with Crippen molar-refractivity contribution in [1.82, 2.24) is 0 Å². The average molecular weight is 280 g/mol. The number of rotatable bonds is 2. The van der Waals surface area contributed by atoms with Gasteiger partial charge in [0.2, 0.25) is 0 Å². The largest absolute Gasteiger partial charge is 0.508 e. The van der Waals surface area contributed by atoms with E-state index in [0.29, 0.717) is 0 Å². The standard InChI is InChI=1S/C13H12O7/c14-4-13-3-8(11(17)18)10(16)6-1-5(15)2-7(9(6)13)12(19)20-13/h1-2,8,10,14-16H,3-4H2,(H,17,18). The first kappa shape index (κ1) is 12.9. The van der Waals surface area contributed by atoms with Crippen LogP contribution in [0.25, 0.3) is 0 Å². The molecule has 3 unspecified atom stereocenters. The molecule has 3 atom stereocenters. The van der Waals surface area contributed by atoms with Crippen LogP contribution in [-0.4, -0.2) is 39.0 Å². The van der Waals surface area contributed by atoms with E-state index in [2.05, 4.69) is 0 Å². The molecule has 0 saturated heterocycles. The summed E-state index contributed by atoms with van der Waals surface area (Å²) in [5.74, 6) is -3.50. The number of aliphatic hydroxyl groups excluding tert-OH is 2. The molecule has 4 N–H and O–H groups in total. The first-order chi connectivity index (χ1) is 9.39. The lowest BCUT2D eigenvalue weighted by Gasteiger charge is -2.37. The number of carbonyl (C=O) groups excluding carboxylic acids is 1. The molecule has 3 rings (SSSR count). The van der Waals surface area contributed by atoms with Gasteiger partial charge in [0, 0.05) is 12.0 Å². The highest BCUT2D eigenvalue weighted by Gasteiger charge is 2.55. The van der Waals surface area contributed by atoms with Gasteiger partial charge in [0.25, 0.3) is 0 Å². The highest BCUT2D eigenvalue weighted by Crippen LogP contribution is 2.52. The first-order valence-corrected chi connectivity index (χ1v) is 6.02. The summed E-state index contributed by atoms with van der Waals surface area (Å²) in [5.41, 5.74) is -1.03. The van der Waals surface area contributed by atoms with Gasteiger partial charge in [-0.05, 0) is 17.7 Å². The first-order valence-electron chi connectivity index (χ1n) is 6.02. The number of phenols is 1. The van der Waals surface area contributed by atoms with Crippen LogP contribution in [-0.2, 0) is 15.1 Å². The number of carboxylic acids is 1. The molecule has 1 heterocycles. The summed E-state index contributed by atoms with van der Waals surface area (Å²) < 4.78 is 5.16. The second kappa shape index (κ2) is 3.94. The Morgan fingerprint density at radius 1 is 1.45 bits per heavy atom. The number of esters is 1. The Bertz CT molecular complexity index is 623. The number of phenolic OH excluding ortho intramolecular Hbond substituents is 1. The molecule has 0 spiro atoms. The zero-order chi connectivity index (χ0) is 14.7. The molecule has 7 nitrogen and oxygen atoms in total. The van der Waals surface area contributed by atoms with Crippen molar-refractivity contribution in [1.29, 1.82) is 0 Å². The number of aromatic hydroxyl groups is 1. The second-order valence-electron chi connectivity index (χ2n) is 5.09. The molecule has 0 radical (unpaired) electrons. The Hall–Kier alpha value is -2.12. The molecule has 1 aromatic carbocycles. The van der Waals surface area contributed by atoms with Gasteiger partial charge in [-0.3, -0.25) is 4.79 Å². The van der Waals surface area contributed by atoms with Gasteiger partial charge in [-0.1, -0.05) is 0 Å². The molecule has 0 amide bonds. The fourth-order valence-electron chi connectivity index (χ4n) is 3.06. The predicted octanol–water partition coefficient (Wildman–Crippen LogP) is -0.112. The van der Waals surface area contributed by atoms with Gasteiger partial charge in [0.1, 0.15) is 5.75 Å². The van der Waals surface area contributed by atoms with Gasteiger partial charge in [-0.25, -0.2) is 4.79 Å². The number of hydrogen-bond acceptors (Lipinski definition) is 6. The third-order valence-electron chi connectivity index (χ3n) is 3.94. The molecule has 2 aliphatic rings. The summed E-state index contributed by atoms with van der Waals surface area (Å²) in [6, 6.07) is 2.39. The number of hydrogen-bond donors (Lipinski definition) is 4. The third kappa shape index (κ3) is 1.47. The molecular weight excluding hydrogens is 268 g/mol. The van der Waals surface area contributed by atoms with Crippen molar-refractivity contribution in [3.8, 4) is 5.75 Å². The van der Waals surface area contributed by atoms with E-state index >= 15 is 0 Å². The van der Waals surface area contributed by atoms with E-state index in [-0.39, 0.29) is 28.9 Å². The summed E-state index contributed by atoms with van der Waals surface area (Å²) >= 11 is 0. The highest BCUT2D eigenvalue weighted by atomic mass is 16.6. The number of carbonyl (C=O) groups is 2. The minimum Gasteiger partial charge on any atom is -0.508 e. The molecule has 1 aromatic rings. The summed E-state index contributed by atoms with van der Waals surface area (Å²) in [6.07, 6.45) is -1.58. The van der Waals surface area contributed by atoms with Crippen LogP contribution in [0.2, 0.25) is 0 Å². The molecule has 106 valence electrons.